The van der Waals surface area contributed by atoms with Crippen molar-refractivity contribution in [3.8, 4) is 17.5 Å². The maximum Gasteiger partial charge on any atom is 0.416 e. The number of aryl methyl sites for hydroxylation is 3. The number of aromatic nitrogens is 5. The molecule has 0 bridgehead atoms. The zero-order chi connectivity index (χ0) is 29.1. The highest BCUT2D eigenvalue weighted by Crippen LogP contribution is 2.33. The number of alkyl halides is 3. The normalized spacial score (nSPS) is 11.1. The monoisotopic (exact) mass is 573 g/mol. The molecule has 5 aromatic rings. The van der Waals surface area contributed by atoms with Crippen molar-refractivity contribution < 1.29 is 18.0 Å². The molecule has 0 spiro atoms. The Morgan fingerprint density at radius 1 is 1.00 bits per heavy atom. The quantitative estimate of drug-likeness (QED) is 0.234. The number of carbonyl (C=O) groups is 1. The van der Waals surface area contributed by atoms with Crippen molar-refractivity contribution in [3.05, 3.63) is 106 Å². The molecule has 206 valence electrons. The molecule has 0 saturated carbocycles. The third kappa shape index (κ3) is 6.77. The summed E-state index contributed by atoms with van der Waals surface area (Å²) in [5, 5.41) is 6.32. The van der Waals surface area contributed by atoms with Crippen LogP contribution in [0.1, 0.15) is 43.4 Å². The lowest BCUT2D eigenvalue weighted by Gasteiger charge is -2.14. The van der Waals surface area contributed by atoms with Crippen molar-refractivity contribution in [2.75, 3.05) is 10.6 Å². The molecule has 3 aromatic heterocycles. The molecule has 2 N–H and O–H groups in total. The van der Waals surface area contributed by atoms with Crippen LogP contribution in [0.25, 0.3) is 5.69 Å². The van der Waals surface area contributed by atoms with E-state index in [0.29, 0.717) is 32.9 Å². The Kier molecular flexibility index (Phi) is 7.54. The minimum atomic E-state index is -4.60. The molecule has 1 amide bonds. The molecule has 5 rings (SSSR count). The molecular weight excluding hydrogens is 551 g/mol. The van der Waals surface area contributed by atoms with Gasteiger partial charge in [0.2, 0.25) is 0 Å². The van der Waals surface area contributed by atoms with E-state index in [1.807, 2.05) is 6.92 Å². The minimum absolute atomic E-state index is 0.00274. The van der Waals surface area contributed by atoms with Gasteiger partial charge in [0.1, 0.15) is 11.6 Å². The van der Waals surface area contributed by atoms with Gasteiger partial charge in [-0.15, -0.1) is 0 Å². The summed E-state index contributed by atoms with van der Waals surface area (Å²) in [7, 11) is 0. The van der Waals surface area contributed by atoms with E-state index in [2.05, 4.69) is 42.4 Å². The zero-order valence-corrected chi connectivity index (χ0v) is 22.9. The van der Waals surface area contributed by atoms with Crippen molar-refractivity contribution in [3.63, 3.8) is 0 Å². The summed E-state index contributed by atoms with van der Waals surface area (Å²) in [6.07, 6.45) is 1.70. The number of thiazole rings is 1. The van der Waals surface area contributed by atoms with Crippen LogP contribution < -0.4 is 10.6 Å². The van der Waals surface area contributed by atoms with Crippen LogP contribution in [0.2, 0.25) is 0 Å². The zero-order valence-electron chi connectivity index (χ0n) is 22.0. The van der Waals surface area contributed by atoms with Crippen molar-refractivity contribution >= 4 is 33.9 Å². The smallest absolute Gasteiger partial charge is 0.322 e. The van der Waals surface area contributed by atoms with E-state index in [0.717, 1.165) is 17.7 Å². The molecule has 0 saturated heterocycles. The van der Waals surface area contributed by atoms with Gasteiger partial charge in [-0.3, -0.25) is 4.79 Å². The number of nitrogens with zero attached hydrogens (tertiary/aromatic N) is 5. The van der Waals surface area contributed by atoms with E-state index in [1.54, 1.807) is 56.7 Å². The maximum atomic E-state index is 13.6. The molecule has 0 atom stereocenters. The van der Waals surface area contributed by atoms with Crippen molar-refractivity contribution in [1.29, 1.82) is 0 Å². The van der Waals surface area contributed by atoms with E-state index in [4.69, 9.17) is 0 Å². The van der Waals surface area contributed by atoms with Crippen molar-refractivity contribution in [2.24, 2.45) is 0 Å². The van der Waals surface area contributed by atoms with Crippen LogP contribution in [0.3, 0.4) is 0 Å². The molecule has 0 radical (unpaired) electrons. The number of carbonyl (C=O) groups excluding carboxylic acids is 1. The molecule has 3 heterocycles. The Morgan fingerprint density at radius 3 is 2.56 bits per heavy atom. The van der Waals surface area contributed by atoms with Gasteiger partial charge in [-0.05, 0) is 68.7 Å². The number of amides is 1. The summed E-state index contributed by atoms with van der Waals surface area (Å²) in [6.45, 7) is 5.38. The first-order chi connectivity index (χ1) is 19.5. The second-order valence-corrected chi connectivity index (χ2v) is 10.1. The Bertz CT molecular complexity index is 1810. The number of rotatable bonds is 5. The van der Waals surface area contributed by atoms with E-state index in [-0.39, 0.29) is 16.9 Å². The summed E-state index contributed by atoms with van der Waals surface area (Å²) in [5.41, 5.74) is 1.68. The second-order valence-electron chi connectivity index (χ2n) is 9.07. The van der Waals surface area contributed by atoms with Crippen LogP contribution in [-0.2, 0) is 6.18 Å². The molecule has 2 aromatic carbocycles. The second kappa shape index (κ2) is 11.2. The summed E-state index contributed by atoms with van der Waals surface area (Å²) in [4.78, 5) is 30.5. The van der Waals surface area contributed by atoms with Crippen LogP contribution in [-0.4, -0.2) is 30.4 Å². The molecule has 0 aliphatic heterocycles. The molecule has 12 heteroatoms. The average Bonchev–Trinajstić information content (AvgIpc) is 3.56. The van der Waals surface area contributed by atoms with Gasteiger partial charge in [-0.2, -0.15) is 13.2 Å². The van der Waals surface area contributed by atoms with Gasteiger partial charge in [0.05, 0.1) is 28.7 Å². The van der Waals surface area contributed by atoms with Crippen LogP contribution in [0.15, 0.2) is 67.4 Å². The number of halogens is 3. The Morgan fingerprint density at radius 2 is 1.83 bits per heavy atom. The Hall–Kier alpha value is -5.02. The number of hydrogen-bond donors (Lipinski definition) is 2. The molecule has 41 heavy (non-hydrogen) atoms. The summed E-state index contributed by atoms with van der Waals surface area (Å²) in [6, 6.07) is 10.0. The van der Waals surface area contributed by atoms with Crippen LogP contribution in [0.5, 0.6) is 0 Å². The SMILES string of the molecule is Cc1cn(-c2cc(NC(=O)c3ccc(C)c(C#Cc4cnc(Nc5ccnc(C)n5)s4)c3)cc(C(F)(F)F)c2)cn1. The van der Waals surface area contributed by atoms with Crippen LogP contribution in [0.4, 0.5) is 29.8 Å². The van der Waals surface area contributed by atoms with Gasteiger partial charge in [-0.25, -0.2) is 19.9 Å². The topological polar surface area (TPSA) is 97.6 Å². The largest absolute Gasteiger partial charge is 0.416 e. The molecule has 0 aliphatic rings. The summed E-state index contributed by atoms with van der Waals surface area (Å²) in [5.74, 6) is 6.81. The third-order valence-electron chi connectivity index (χ3n) is 5.85. The van der Waals surface area contributed by atoms with Gasteiger partial charge in [0, 0.05) is 34.9 Å². The number of benzene rings is 2. The lowest BCUT2D eigenvalue weighted by Crippen LogP contribution is -2.14. The minimum Gasteiger partial charge on any atom is -0.322 e. The van der Waals surface area contributed by atoms with Crippen molar-refractivity contribution in [2.45, 2.75) is 26.9 Å². The fourth-order valence-electron chi connectivity index (χ4n) is 3.81. The first-order valence-electron chi connectivity index (χ1n) is 12.2. The van der Waals surface area contributed by atoms with E-state index < -0.39 is 17.6 Å². The van der Waals surface area contributed by atoms with E-state index >= 15 is 0 Å². The van der Waals surface area contributed by atoms with Crippen molar-refractivity contribution in [1.82, 2.24) is 24.5 Å². The van der Waals surface area contributed by atoms with Gasteiger partial charge in [-0.1, -0.05) is 23.3 Å². The lowest BCUT2D eigenvalue weighted by molar-refractivity contribution is -0.137. The number of hydrogen-bond acceptors (Lipinski definition) is 7. The first-order valence-corrected chi connectivity index (χ1v) is 13.0. The van der Waals surface area contributed by atoms with Crippen LogP contribution >= 0.6 is 11.3 Å². The summed E-state index contributed by atoms with van der Waals surface area (Å²) >= 11 is 1.34. The maximum absolute atomic E-state index is 13.6. The number of imidazole rings is 1. The molecule has 8 nitrogen and oxygen atoms in total. The van der Waals surface area contributed by atoms with E-state index in [1.165, 1.54) is 28.3 Å². The Balaban J connectivity index is 1.36. The molecular formula is C29H22F3N7OS. The average molecular weight is 574 g/mol. The van der Waals surface area contributed by atoms with Gasteiger partial charge in [0.15, 0.2) is 5.13 Å². The molecule has 0 unspecified atom stereocenters. The fourth-order valence-corrected chi connectivity index (χ4v) is 4.49. The predicted octanol–water partition coefficient (Wildman–Crippen LogP) is 6.46. The number of nitrogens with one attached hydrogen (secondary N) is 2. The highest BCUT2D eigenvalue weighted by atomic mass is 32.1. The first kappa shape index (κ1) is 27.5. The summed E-state index contributed by atoms with van der Waals surface area (Å²) < 4.78 is 42.3. The van der Waals surface area contributed by atoms with E-state index in [9.17, 15) is 18.0 Å². The predicted molar refractivity (Wildman–Crippen MR) is 151 cm³/mol. The number of anilines is 3. The van der Waals surface area contributed by atoms with Gasteiger partial charge >= 0.3 is 6.18 Å². The van der Waals surface area contributed by atoms with Gasteiger partial charge < -0.3 is 15.2 Å². The third-order valence-corrected chi connectivity index (χ3v) is 6.68. The highest BCUT2D eigenvalue weighted by molar-refractivity contribution is 7.16. The highest BCUT2D eigenvalue weighted by Gasteiger charge is 2.31. The lowest BCUT2D eigenvalue weighted by atomic mass is 10.0. The molecule has 0 fully saturated rings. The fraction of sp³-hybridized carbons (Fsp3) is 0.138. The van der Waals surface area contributed by atoms with Crippen LogP contribution in [0, 0.1) is 32.6 Å². The van der Waals surface area contributed by atoms with Gasteiger partial charge in [0.25, 0.3) is 5.91 Å². The molecule has 0 aliphatic carbocycles. The Labute approximate surface area is 237 Å². The standard InChI is InChI=1S/C29H22F3N7OS/c1-17-4-5-21(10-20(17)6-7-25-14-34-28(41-25)38-26-8-9-33-19(3)36-26)27(40)37-23-11-22(29(30,31)32)12-24(13-23)39-15-18(2)35-16-39/h4-5,8-16H,1-3H3,(H,37,40)(H,33,34,36,38).